The van der Waals surface area contributed by atoms with Gasteiger partial charge in [-0.05, 0) is 117 Å². The fraction of sp³-hybridized carbons (Fsp3) is 0.977. The van der Waals surface area contributed by atoms with E-state index in [9.17, 15) is 45.6 Å². The minimum Gasteiger partial charge on any atom is -0.457 e. The maximum atomic E-state index is 12.2. The highest BCUT2D eigenvalue weighted by atomic mass is 16.7. The second-order valence-corrected chi connectivity index (χ2v) is 21.6. The van der Waals surface area contributed by atoms with Crippen LogP contribution in [-0.4, -0.2) is 151 Å². The monoisotopic (exact) mass is 826 g/mol. The highest BCUT2D eigenvalue weighted by Gasteiger charge is 2.85. The molecule has 0 aromatic carbocycles. The Kier molecular flexibility index (Phi) is 10.7. The number of fused-ring (bicyclic) bond motifs is 2. The molecule has 13 unspecified atom stereocenters. The molecule has 8 aliphatic rings. The standard InChI is InChI=1S/C43H70O15/c1-20(45)54-32-22(47)18-53-35(31(32)51)57-26-10-12-43-19-42(43)14-13-39(6)33(41(8)11-9-27(58-41)38(4,5)52)21(46)16-40(39,7)25(42)15-23(34(43)37(26,2)3)55-36-30(50)29(49)28(48)24(17-44)56-36/h21-36,44,46-52H,9-19H2,1-8H3/t21?,22?,23?,24?,25-,26?,27?,28?,29?,30?,31?,32?,33-,34+,35?,36?,39-,40+,41-,42+,43-/m1/s1. The normalized spacial score (nSPS) is 56.1. The zero-order chi connectivity index (χ0) is 42.3. The van der Waals surface area contributed by atoms with Crippen LogP contribution in [0.4, 0.5) is 0 Å². The van der Waals surface area contributed by atoms with Gasteiger partial charge >= 0.3 is 5.97 Å². The molecule has 332 valence electrons. The molecule has 21 atom stereocenters. The van der Waals surface area contributed by atoms with Crippen LogP contribution in [0.15, 0.2) is 0 Å². The van der Waals surface area contributed by atoms with Gasteiger partial charge in [0.25, 0.3) is 0 Å². The second kappa shape index (κ2) is 14.2. The van der Waals surface area contributed by atoms with E-state index >= 15 is 0 Å². The van der Waals surface area contributed by atoms with Gasteiger partial charge in [0.05, 0.1) is 48.8 Å². The van der Waals surface area contributed by atoms with Crippen LogP contribution < -0.4 is 0 Å². The number of hydrogen-bond donors (Lipinski definition) is 8. The van der Waals surface area contributed by atoms with Crippen LogP contribution in [-0.2, 0) is 33.2 Å². The minimum absolute atomic E-state index is 0.0855. The van der Waals surface area contributed by atoms with Crippen LogP contribution in [0.3, 0.4) is 0 Å². The molecular weight excluding hydrogens is 756 g/mol. The van der Waals surface area contributed by atoms with E-state index in [1.807, 2.05) is 0 Å². The van der Waals surface area contributed by atoms with Gasteiger partial charge in [-0.1, -0.05) is 27.7 Å². The molecule has 0 amide bonds. The van der Waals surface area contributed by atoms with Gasteiger partial charge in [-0.15, -0.1) is 0 Å². The van der Waals surface area contributed by atoms with Crippen molar-refractivity contribution in [3.05, 3.63) is 0 Å². The first kappa shape index (κ1) is 43.6. The Hall–Kier alpha value is -1.05. The average Bonchev–Trinajstić information content (AvgIpc) is 3.49. The Balaban J connectivity index is 1.14. The number of carbonyl (C=O) groups excluding carboxylic acids is 1. The topological polar surface area (TPSA) is 234 Å². The SMILES string of the molecule is CC(=O)OC1C(O)COC(OC2CC[C@]34C[C@]35CC[C@]3(C)[C@H]([C@@]6(C)CCC(C(C)(C)O)O6)C(O)C[C@@]3(C)[C@H]5CC(OC3OC(CO)C(O)C(O)C3O)[C@H]4C2(C)C)C1O. The molecule has 0 bridgehead atoms. The number of aliphatic hydroxyl groups excluding tert-OH is 7. The van der Waals surface area contributed by atoms with Gasteiger partial charge in [-0.2, -0.15) is 0 Å². The number of esters is 1. The fourth-order valence-electron chi connectivity index (χ4n) is 15.2. The third-order valence-electron chi connectivity index (χ3n) is 17.9. The number of hydrogen-bond acceptors (Lipinski definition) is 15. The molecular formula is C43H70O15. The van der Waals surface area contributed by atoms with Crippen LogP contribution in [0.1, 0.15) is 113 Å². The van der Waals surface area contributed by atoms with E-state index in [1.54, 1.807) is 13.8 Å². The van der Waals surface area contributed by atoms with Gasteiger partial charge in [-0.3, -0.25) is 4.79 Å². The molecule has 8 N–H and O–H groups in total. The van der Waals surface area contributed by atoms with Crippen molar-refractivity contribution in [2.24, 2.45) is 44.8 Å². The van der Waals surface area contributed by atoms with E-state index in [0.717, 1.165) is 32.1 Å². The summed E-state index contributed by atoms with van der Waals surface area (Å²) < 4.78 is 37.4. The molecule has 5 aliphatic carbocycles. The van der Waals surface area contributed by atoms with Gasteiger partial charge in [-0.25, -0.2) is 0 Å². The summed E-state index contributed by atoms with van der Waals surface area (Å²) in [5.74, 6) is -0.920. The van der Waals surface area contributed by atoms with Crippen molar-refractivity contribution in [3.63, 3.8) is 0 Å². The maximum Gasteiger partial charge on any atom is 0.303 e. The molecule has 5 saturated carbocycles. The van der Waals surface area contributed by atoms with E-state index in [4.69, 9.17) is 28.4 Å². The lowest BCUT2D eigenvalue weighted by molar-refractivity contribution is -0.339. The molecule has 8 fully saturated rings. The van der Waals surface area contributed by atoms with Crippen LogP contribution in [0.25, 0.3) is 0 Å². The van der Waals surface area contributed by atoms with Gasteiger partial charge in [0.15, 0.2) is 18.7 Å². The summed E-state index contributed by atoms with van der Waals surface area (Å²) >= 11 is 0. The van der Waals surface area contributed by atoms with Gasteiger partial charge in [0.2, 0.25) is 0 Å². The molecule has 3 saturated heterocycles. The van der Waals surface area contributed by atoms with Gasteiger partial charge in [0, 0.05) is 12.8 Å². The molecule has 58 heavy (non-hydrogen) atoms. The molecule has 15 heteroatoms. The molecule has 0 aromatic heterocycles. The van der Waals surface area contributed by atoms with Crippen molar-refractivity contribution in [1.82, 2.24) is 0 Å². The zero-order valence-electron chi connectivity index (χ0n) is 35.5. The van der Waals surface area contributed by atoms with Crippen LogP contribution in [0.5, 0.6) is 0 Å². The number of aliphatic hydroxyl groups is 8. The quantitative estimate of drug-likeness (QED) is 0.127. The smallest absolute Gasteiger partial charge is 0.303 e. The molecule has 8 rings (SSSR count). The lowest BCUT2D eigenvalue weighted by atomic mass is 9.41. The van der Waals surface area contributed by atoms with E-state index in [1.165, 1.54) is 6.92 Å². The summed E-state index contributed by atoms with van der Waals surface area (Å²) in [5, 5.41) is 87.8. The van der Waals surface area contributed by atoms with E-state index in [-0.39, 0.29) is 52.1 Å². The van der Waals surface area contributed by atoms with Crippen molar-refractivity contribution in [2.75, 3.05) is 13.2 Å². The fourth-order valence-corrected chi connectivity index (χ4v) is 15.2. The van der Waals surface area contributed by atoms with Crippen LogP contribution in [0.2, 0.25) is 0 Å². The van der Waals surface area contributed by atoms with E-state index in [2.05, 4.69) is 34.6 Å². The Morgan fingerprint density at radius 2 is 1.50 bits per heavy atom. The highest BCUT2D eigenvalue weighted by molar-refractivity contribution is 5.66. The van der Waals surface area contributed by atoms with E-state index < -0.39 is 103 Å². The first-order valence-corrected chi connectivity index (χ1v) is 21.8. The minimum atomic E-state index is -1.62. The first-order chi connectivity index (χ1) is 26.9. The maximum absolute atomic E-state index is 12.2. The third kappa shape index (κ3) is 6.17. The zero-order valence-corrected chi connectivity index (χ0v) is 35.5. The Bertz CT molecular complexity index is 1570. The van der Waals surface area contributed by atoms with Crippen molar-refractivity contribution < 1.29 is 74.1 Å². The van der Waals surface area contributed by atoms with Crippen molar-refractivity contribution in [1.29, 1.82) is 0 Å². The predicted octanol–water partition coefficient (Wildman–Crippen LogP) is 1.29. The molecule has 0 aromatic rings. The molecule has 3 heterocycles. The van der Waals surface area contributed by atoms with Gasteiger partial charge in [0.1, 0.15) is 36.6 Å². The van der Waals surface area contributed by atoms with Crippen molar-refractivity contribution >= 4 is 5.97 Å². The summed E-state index contributed by atoms with van der Waals surface area (Å²) in [6.45, 7) is 15.0. The summed E-state index contributed by atoms with van der Waals surface area (Å²) in [4.78, 5) is 11.9. The lowest BCUT2D eigenvalue weighted by Crippen LogP contribution is -2.65. The highest BCUT2D eigenvalue weighted by Crippen LogP contribution is 2.89. The summed E-state index contributed by atoms with van der Waals surface area (Å²) in [5.41, 5.74) is -3.30. The van der Waals surface area contributed by atoms with Crippen molar-refractivity contribution in [2.45, 2.75) is 204 Å². The molecule has 0 radical (unpaired) electrons. The molecule has 2 spiro atoms. The largest absolute Gasteiger partial charge is 0.457 e. The summed E-state index contributed by atoms with van der Waals surface area (Å²) in [7, 11) is 0. The number of ether oxygens (including phenoxy) is 6. The Morgan fingerprint density at radius 3 is 2.14 bits per heavy atom. The molecule has 3 aliphatic heterocycles. The first-order valence-electron chi connectivity index (χ1n) is 21.8. The lowest BCUT2D eigenvalue weighted by Gasteiger charge is -2.65. The molecule has 15 nitrogen and oxygen atoms in total. The Morgan fingerprint density at radius 1 is 0.793 bits per heavy atom. The summed E-state index contributed by atoms with van der Waals surface area (Å²) in [6, 6.07) is 0. The summed E-state index contributed by atoms with van der Waals surface area (Å²) in [6.07, 6.45) is -7.63. The van der Waals surface area contributed by atoms with Crippen molar-refractivity contribution in [3.8, 4) is 0 Å². The Labute approximate surface area is 341 Å². The average molecular weight is 827 g/mol. The predicted molar refractivity (Wildman–Crippen MR) is 203 cm³/mol. The third-order valence-corrected chi connectivity index (χ3v) is 17.9. The second-order valence-electron chi connectivity index (χ2n) is 21.6. The number of rotatable bonds is 8. The van der Waals surface area contributed by atoms with Crippen LogP contribution in [0, 0.1) is 44.8 Å². The van der Waals surface area contributed by atoms with E-state index in [0.29, 0.717) is 25.7 Å². The van der Waals surface area contributed by atoms with Gasteiger partial charge < -0.3 is 69.3 Å². The van der Waals surface area contributed by atoms with Crippen LogP contribution >= 0.6 is 0 Å². The number of carbonyl (C=O) groups is 1.